The fourth-order valence-corrected chi connectivity index (χ4v) is 9.79. The van der Waals surface area contributed by atoms with Crippen molar-refractivity contribution in [2.45, 2.75) is 140 Å². The third-order valence-corrected chi connectivity index (χ3v) is 12.9. The van der Waals surface area contributed by atoms with Crippen LogP contribution >= 0.6 is 0 Å². The molecule has 3 fully saturated rings. The number of allylic oxidation sites excluding steroid dienone is 2. The molecule has 11 atom stereocenters. The molecule has 0 spiro atoms. The van der Waals surface area contributed by atoms with Gasteiger partial charge in [-0.3, -0.25) is 19.2 Å². The average molecular weight is 768 g/mol. The second-order valence-corrected chi connectivity index (χ2v) is 16.5. The number of Topliss-reactive ketones (excluding diaryl/α,β-unsaturated/α-hetero) is 1. The predicted octanol–water partition coefficient (Wildman–Crippen LogP) is 2.45. The van der Waals surface area contributed by atoms with Gasteiger partial charge in [-0.1, -0.05) is 56.3 Å². The first kappa shape index (κ1) is 40.7. The third kappa shape index (κ3) is 6.83. The Hall–Kier alpha value is -3.95. The minimum atomic E-state index is -2.26. The summed E-state index contributed by atoms with van der Waals surface area (Å²) in [6, 6.07) is 7.21. The van der Waals surface area contributed by atoms with Crippen LogP contribution in [0.25, 0.3) is 0 Å². The van der Waals surface area contributed by atoms with Crippen LogP contribution < -0.4 is 5.32 Å². The number of aliphatic hydroxyl groups is 4. The van der Waals surface area contributed by atoms with E-state index < -0.39 is 107 Å². The smallest absolute Gasteiger partial charge is 0.338 e. The summed E-state index contributed by atoms with van der Waals surface area (Å²) >= 11 is 0. The monoisotopic (exact) mass is 767 g/mol. The van der Waals surface area contributed by atoms with Crippen molar-refractivity contribution in [3.05, 3.63) is 59.2 Å². The van der Waals surface area contributed by atoms with Gasteiger partial charge in [-0.25, -0.2) is 4.79 Å². The number of carbonyl (C=O) groups is 5. The molecule has 1 saturated heterocycles. The van der Waals surface area contributed by atoms with Crippen molar-refractivity contribution in [2.24, 2.45) is 16.7 Å². The Morgan fingerprint density at radius 3 is 2.22 bits per heavy atom. The van der Waals surface area contributed by atoms with E-state index in [0.29, 0.717) is 31.2 Å². The maximum atomic E-state index is 14.9. The number of ether oxygens (including phenoxy) is 4. The first-order valence-corrected chi connectivity index (χ1v) is 19.1. The Kier molecular flexibility index (Phi) is 11.2. The molecule has 2 saturated carbocycles. The van der Waals surface area contributed by atoms with Crippen LogP contribution in [0.4, 0.5) is 0 Å². The topological polar surface area (TPSA) is 215 Å². The summed E-state index contributed by atoms with van der Waals surface area (Å²) in [5.74, 6) is -5.35. The van der Waals surface area contributed by atoms with E-state index in [1.807, 2.05) is 12.2 Å². The van der Waals surface area contributed by atoms with Gasteiger partial charge in [0.1, 0.15) is 30.0 Å². The third-order valence-electron chi connectivity index (χ3n) is 12.9. The van der Waals surface area contributed by atoms with Crippen LogP contribution in [-0.2, 0) is 42.9 Å². The molecule has 6 rings (SSSR count). The van der Waals surface area contributed by atoms with Crippen LogP contribution in [0.1, 0.15) is 97.6 Å². The number of amides is 1. The number of carbonyl (C=O) groups excluding carboxylic acids is 5. The lowest BCUT2D eigenvalue weighted by atomic mass is 9.44. The average Bonchev–Trinajstić information content (AvgIpc) is 3.12. The number of ketones is 1. The van der Waals surface area contributed by atoms with E-state index in [2.05, 4.69) is 5.32 Å². The van der Waals surface area contributed by atoms with E-state index in [0.717, 1.165) is 0 Å². The van der Waals surface area contributed by atoms with Crippen molar-refractivity contribution >= 4 is 29.6 Å². The lowest BCUT2D eigenvalue weighted by Crippen LogP contribution is -2.81. The van der Waals surface area contributed by atoms with Gasteiger partial charge in [0.15, 0.2) is 17.5 Å². The molecule has 300 valence electrons. The van der Waals surface area contributed by atoms with Gasteiger partial charge >= 0.3 is 17.9 Å². The normalized spacial score (nSPS) is 40.5. The maximum absolute atomic E-state index is 14.9. The van der Waals surface area contributed by atoms with Gasteiger partial charge in [0, 0.05) is 38.0 Å². The van der Waals surface area contributed by atoms with E-state index in [1.165, 1.54) is 20.8 Å². The minimum absolute atomic E-state index is 0.0137. The summed E-state index contributed by atoms with van der Waals surface area (Å²) in [6.07, 6.45) is -4.34. The molecule has 2 heterocycles. The molecule has 0 radical (unpaired) electrons. The number of benzene rings is 1. The molecule has 1 amide bonds. The SMILES string of the molecule is CC(=O)O[C@@]12CO[C@H]1C[C@H](O)[C@@]1(C)C(=O)[C@@H](O)C3=C(C)[C@@H]4C[C@@](O)([C@@H](OC(=O)CCC/C=C\CCCC(=O)N[C@@H](c5ccccc5)[C@H](O)C(=O)O4)[C@H]21)C3(C)C. The fraction of sp³-hybridized carbons (Fsp3) is 0.634. The van der Waals surface area contributed by atoms with E-state index in [1.54, 1.807) is 44.2 Å². The molecule has 2 aliphatic heterocycles. The van der Waals surface area contributed by atoms with Crippen LogP contribution in [0.15, 0.2) is 53.6 Å². The van der Waals surface area contributed by atoms with Crippen LogP contribution in [0.2, 0.25) is 0 Å². The van der Waals surface area contributed by atoms with Gasteiger partial charge < -0.3 is 44.7 Å². The molecule has 0 aromatic heterocycles. The summed E-state index contributed by atoms with van der Waals surface area (Å²) in [4.78, 5) is 68.6. The van der Waals surface area contributed by atoms with Crippen molar-refractivity contribution in [2.75, 3.05) is 6.61 Å². The zero-order valence-electron chi connectivity index (χ0n) is 32.0. The number of hydrogen-bond donors (Lipinski definition) is 5. The summed E-state index contributed by atoms with van der Waals surface area (Å²) in [6.45, 7) is 7.04. The van der Waals surface area contributed by atoms with Gasteiger partial charge in [-0.05, 0) is 56.2 Å². The first-order valence-electron chi connectivity index (χ1n) is 19.1. The van der Waals surface area contributed by atoms with Crippen LogP contribution in [-0.4, -0.2) is 104 Å². The minimum Gasteiger partial charge on any atom is -0.459 e. The molecule has 0 unspecified atom stereocenters. The Morgan fingerprint density at radius 1 is 0.945 bits per heavy atom. The van der Waals surface area contributed by atoms with Crippen molar-refractivity contribution in [3.63, 3.8) is 0 Å². The van der Waals surface area contributed by atoms with Crippen LogP contribution in [0.3, 0.4) is 0 Å². The van der Waals surface area contributed by atoms with Gasteiger partial charge in [-0.2, -0.15) is 0 Å². The lowest BCUT2D eigenvalue weighted by molar-refractivity contribution is -0.347. The molecule has 55 heavy (non-hydrogen) atoms. The van der Waals surface area contributed by atoms with Crippen molar-refractivity contribution in [1.29, 1.82) is 0 Å². The standard InChI is InChI=1S/C41H53NO13/c1-22-25-20-41(51)36(34-39(5,35(49)32(47)30(22)38(41,3)4)26(44)19-27-40(34,21-52-27)55-23(2)43)54-29(46)18-14-9-7-6-8-13-17-28(45)42-31(33(48)37(50)53-25)24-15-11-10-12-16-24/h6-7,10-12,15-16,25-27,31-34,36,44,47-48,51H,8-9,13-14,17-21H2,1-5H3,(H,42,45)/b7-6-/t25-,26-,27-,31-,32-,33-,34-,36-,39+,40-,41+/m0/s1. The number of esters is 3. The molecule has 3 aliphatic carbocycles. The molecule has 14 heteroatoms. The summed E-state index contributed by atoms with van der Waals surface area (Å²) in [7, 11) is 0. The number of fused-ring (bicyclic) bond motifs is 6. The number of hydrogen-bond acceptors (Lipinski definition) is 13. The van der Waals surface area contributed by atoms with E-state index in [4.69, 9.17) is 18.9 Å². The summed E-state index contributed by atoms with van der Waals surface area (Å²) in [5, 5.41) is 51.5. The second-order valence-electron chi connectivity index (χ2n) is 16.5. The van der Waals surface area contributed by atoms with Gasteiger partial charge in [0.2, 0.25) is 5.91 Å². The highest BCUT2D eigenvalue weighted by Gasteiger charge is 2.78. The summed E-state index contributed by atoms with van der Waals surface area (Å²) in [5.41, 5.74) is -6.82. The molecular weight excluding hydrogens is 714 g/mol. The maximum Gasteiger partial charge on any atom is 0.338 e. The lowest BCUT2D eigenvalue weighted by Gasteiger charge is -2.67. The predicted molar refractivity (Wildman–Crippen MR) is 193 cm³/mol. The fourth-order valence-electron chi connectivity index (χ4n) is 9.79. The van der Waals surface area contributed by atoms with E-state index >= 15 is 0 Å². The second kappa shape index (κ2) is 15.2. The first-order chi connectivity index (χ1) is 25.9. The van der Waals surface area contributed by atoms with Crippen molar-refractivity contribution < 1.29 is 63.3 Å². The Labute approximate surface area is 320 Å². The van der Waals surface area contributed by atoms with Crippen LogP contribution in [0.5, 0.6) is 0 Å². The van der Waals surface area contributed by atoms with E-state index in [-0.39, 0.29) is 37.0 Å². The largest absolute Gasteiger partial charge is 0.459 e. The molecule has 5 aliphatic rings. The molecule has 5 N–H and O–H groups in total. The number of aliphatic hydroxyl groups excluding tert-OH is 3. The molecule has 14 nitrogen and oxygen atoms in total. The Bertz CT molecular complexity index is 1760. The Morgan fingerprint density at radius 2 is 1.60 bits per heavy atom. The highest BCUT2D eigenvalue weighted by atomic mass is 16.6. The molecule has 1 aromatic rings. The zero-order chi connectivity index (χ0) is 40.1. The molecule has 1 aromatic carbocycles. The van der Waals surface area contributed by atoms with Crippen molar-refractivity contribution in [3.8, 4) is 0 Å². The highest BCUT2D eigenvalue weighted by molar-refractivity contribution is 5.93. The zero-order valence-corrected chi connectivity index (χ0v) is 32.0. The van der Waals surface area contributed by atoms with E-state index in [9.17, 15) is 44.4 Å². The Balaban J connectivity index is 1.53. The van der Waals surface area contributed by atoms with Crippen molar-refractivity contribution in [1.82, 2.24) is 5.32 Å². The van der Waals surface area contributed by atoms with Gasteiger partial charge in [0.25, 0.3) is 0 Å². The quantitative estimate of drug-likeness (QED) is 0.166. The number of nitrogens with one attached hydrogen (secondary N) is 1. The van der Waals surface area contributed by atoms with Gasteiger partial charge in [-0.15, -0.1) is 0 Å². The molecule has 3 bridgehead atoms. The van der Waals surface area contributed by atoms with Gasteiger partial charge in [0.05, 0.1) is 30.1 Å². The number of rotatable bonds is 2. The molecular formula is C41H53NO13. The highest BCUT2D eigenvalue weighted by Crippen LogP contribution is 2.64. The summed E-state index contributed by atoms with van der Waals surface area (Å²) < 4.78 is 24.1. The van der Waals surface area contributed by atoms with Crippen LogP contribution in [0, 0.1) is 16.7 Å².